The molecule has 0 unspecified atom stereocenters. The highest BCUT2D eigenvalue weighted by Gasteiger charge is 2.15. The largest absolute Gasteiger partial charge is 0.444 e. The predicted molar refractivity (Wildman–Crippen MR) is 64.3 cm³/mol. The minimum Gasteiger partial charge on any atom is -0.444 e. The zero-order valence-electron chi connectivity index (χ0n) is 10.2. The number of benzene rings is 1. The molecular weight excluding hydrogens is 218 g/mol. The summed E-state index contributed by atoms with van der Waals surface area (Å²) in [4.78, 5) is 22.0. The minimum atomic E-state index is -0.527. The van der Waals surface area contributed by atoms with Crippen LogP contribution in [-0.4, -0.2) is 18.0 Å². The smallest absolute Gasteiger partial charge is 0.407 e. The van der Waals surface area contributed by atoms with Gasteiger partial charge in [0.05, 0.1) is 0 Å². The van der Waals surface area contributed by atoms with Gasteiger partial charge in [-0.3, -0.25) is 4.79 Å². The predicted octanol–water partition coefficient (Wildman–Crippen LogP) is 2.17. The third-order valence-electron chi connectivity index (χ3n) is 1.95. The molecular formula is C13H16NO3. The number of ether oxygens (including phenoxy) is 1. The van der Waals surface area contributed by atoms with E-state index in [0.29, 0.717) is 11.1 Å². The highest BCUT2D eigenvalue weighted by Crippen LogP contribution is 2.08. The van der Waals surface area contributed by atoms with Crippen molar-refractivity contribution in [2.75, 3.05) is 0 Å². The lowest BCUT2D eigenvalue weighted by Crippen LogP contribution is -2.32. The maximum atomic E-state index is 11.4. The Morgan fingerprint density at radius 1 is 1.35 bits per heavy atom. The van der Waals surface area contributed by atoms with Crippen LogP contribution in [-0.2, 0) is 16.1 Å². The number of nitrogens with one attached hydrogen (secondary N) is 1. The Hall–Kier alpha value is -1.84. The third kappa shape index (κ3) is 4.68. The number of hydrogen-bond donors (Lipinski definition) is 1. The van der Waals surface area contributed by atoms with E-state index in [1.54, 1.807) is 45.0 Å². The number of hydrogen-bond acceptors (Lipinski definition) is 3. The van der Waals surface area contributed by atoms with Crippen LogP contribution in [0, 0.1) is 0 Å². The van der Waals surface area contributed by atoms with Gasteiger partial charge < -0.3 is 10.1 Å². The van der Waals surface area contributed by atoms with Crippen molar-refractivity contribution in [3.05, 3.63) is 35.4 Å². The first-order valence-corrected chi connectivity index (χ1v) is 5.35. The molecule has 1 aromatic rings. The topological polar surface area (TPSA) is 55.4 Å². The summed E-state index contributed by atoms with van der Waals surface area (Å²) in [6.07, 6.45) is 1.32. The Morgan fingerprint density at radius 3 is 2.59 bits per heavy atom. The van der Waals surface area contributed by atoms with Gasteiger partial charge in [0.15, 0.2) is 0 Å². The van der Waals surface area contributed by atoms with E-state index in [4.69, 9.17) is 4.74 Å². The SMILES string of the molecule is CC(C)(C)OC(=O)NCc1ccccc1[C]=O. The monoisotopic (exact) mass is 234 g/mol. The molecule has 1 rings (SSSR count). The van der Waals surface area contributed by atoms with Gasteiger partial charge >= 0.3 is 6.09 Å². The normalized spacial score (nSPS) is 10.8. The van der Waals surface area contributed by atoms with Gasteiger partial charge in [0, 0.05) is 12.1 Å². The van der Waals surface area contributed by atoms with Crippen LogP contribution in [0.25, 0.3) is 0 Å². The summed E-state index contributed by atoms with van der Waals surface area (Å²) in [6, 6.07) is 6.96. The van der Waals surface area contributed by atoms with Gasteiger partial charge in [0.25, 0.3) is 0 Å². The van der Waals surface area contributed by atoms with Gasteiger partial charge in [-0.1, -0.05) is 24.3 Å². The second kappa shape index (κ2) is 5.48. The lowest BCUT2D eigenvalue weighted by atomic mass is 10.1. The molecule has 0 heterocycles. The highest BCUT2D eigenvalue weighted by atomic mass is 16.6. The zero-order chi connectivity index (χ0) is 12.9. The molecule has 0 bridgehead atoms. The standard InChI is InChI=1S/C13H16NO3/c1-13(2,3)17-12(16)14-8-10-6-4-5-7-11(10)9-15/h4-7H,8H2,1-3H3,(H,14,16). The number of rotatable bonds is 3. The molecule has 0 aliphatic heterocycles. The van der Waals surface area contributed by atoms with E-state index in [1.807, 2.05) is 6.29 Å². The average molecular weight is 234 g/mol. The molecule has 1 amide bonds. The Balaban J connectivity index is 2.56. The van der Waals surface area contributed by atoms with Crippen LogP contribution in [0.1, 0.15) is 31.9 Å². The van der Waals surface area contributed by atoms with Crippen LogP contribution in [0.3, 0.4) is 0 Å². The Labute approximate surface area is 101 Å². The van der Waals surface area contributed by atoms with Crippen molar-refractivity contribution in [1.29, 1.82) is 0 Å². The molecule has 0 fully saturated rings. The molecule has 0 saturated carbocycles. The van der Waals surface area contributed by atoms with E-state index >= 15 is 0 Å². The van der Waals surface area contributed by atoms with Crippen LogP contribution in [0.15, 0.2) is 24.3 Å². The third-order valence-corrected chi connectivity index (χ3v) is 1.95. The van der Waals surface area contributed by atoms with Crippen LogP contribution < -0.4 is 5.32 Å². The van der Waals surface area contributed by atoms with Crippen LogP contribution in [0.5, 0.6) is 0 Å². The van der Waals surface area contributed by atoms with Crippen molar-refractivity contribution < 1.29 is 14.3 Å². The van der Waals surface area contributed by atoms with Crippen molar-refractivity contribution in [3.63, 3.8) is 0 Å². The van der Waals surface area contributed by atoms with Crippen LogP contribution >= 0.6 is 0 Å². The van der Waals surface area contributed by atoms with Crippen molar-refractivity contribution in [2.45, 2.75) is 32.9 Å². The minimum absolute atomic E-state index is 0.250. The molecule has 0 saturated heterocycles. The van der Waals surface area contributed by atoms with Gasteiger partial charge in [-0.2, -0.15) is 0 Å². The number of carbonyl (C=O) groups excluding carboxylic acids is 2. The Morgan fingerprint density at radius 2 is 2.00 bits per heavy atom. The maximum Gasteiger partial charge on any atom is 0.407 e. The van der Waals surface area contributed by atoms with Crippen molar-refractivity contribution in [1.82, 2.24) is 5.32 Å². The van der Waals surface area contributed by atoms with Crippen molar-refractivity contribution in [2.24, 2.45) is 0 Å². The van der Waals surface area contributed by atoms with E-state index in [2.05, 4.69) is 5.32 Å². The van der Waals surface area contributed by atoms with E-state index in [-0.39, 0.29) is 6.54 Å². The van der Waals surface area contributed by atoms with E-state index in [9.17, 15) is 9.59 Å². The molecule has 0 aliphatic carbocycles. The second-order valence-corrected chi connectivity index (χ2v) is 4.61. The molecule has 0 aliphatic rings. The molecule has 4 nitrogen and oxygen atoms in total. The molecule has 0 aromatic heterocycles. The summed E-state index contributed by atoms with van der Waals surface area (Å²) >= 11 is 0. The van der Waals surface area contributed by atoms with E-state index in [1.165, 1.54) is 0 Å². The molecule has 1 radical (unpaired) electrons. The van der Waals surface area contributed by atoms with Gasteiger partial charge in [-0.05, 0) is 26.3 Å². The van der Waals surface area contributed by atoms with Crippen LogP contribution in [0.2, 0.25) is 0 Å². The molecule has 0 atom stereocenters. The summed E-state index contributed by atoms with van der Waals surface area (Å²) < 4.78 is 5.08. The van der Waals surface area contributed by atoms with Gasteiger partial charge in [-0.15, -0.1) is 0 Å². The fraction of sp³-hybridized carbons (Fsp3) is 0.385. The second-order valence-electron chi connectivity index (χ2n) is 4.61. The molecule has 17 heavy (non-hydrogen) atoms. The van der Waals surface area contributed by atoms with Gasteiger partial charge in [-0.25, -0.2) is 4.79 Å². The summed E-state index contributed by atoms with van der Waals surface area (Å²) in [7, 11) is 0. The van der Waals surface area contributed by atoms with E-state index < -0.39 is 11.7 Å². The fourth-order valence-corrected chi connectivity index (χ4v) is 1.26. The van der Waals surface area contributed by atoms with Crippen LogP contribution in [0.4, 0.5) is 4.79 Å². The molecule has 1 N–H and O–H groups in total. The molecule has 91 valence electrons. The average Bonchev–Trinajstić information content (AvgIpc) is 2.24. The maximum absolute atomic E-state index is 11.4. The lowest BCUT2D eigenvalue weighted by Gasteiger charge is -2.19. The van der Waals surface area contributed by atoms with E-state index in [0.717, 1.165) is 0 Å². The number of amides is 1. The van der Waals surface area contributed by atoms with Gasteiger partial charge in [0.2, 0.25) is 6.29 Å². The first kappa shape index (κ1) is 13.2. The Bertz CT molecular complexity index is 407. The van der Waals surface area contributed by atoms with Crippen molar-refractivity contribution >= 4 is 12.4 Å². The summed E-state index contributed by atoms with van der Waals surface area (Å²) in [6.45, 7) is 5.62. The molecule has 1 aromatic carbocycles. The van der Waals surface area contributed by atoms with Crippen molar-refractivity contribution in [3.8, 4) is 0 Å². The summed E-state index contributed by atoms with van der Waals surface area (Å²) in [5.74, 6) is 0. The summed E-state index contributed by atoms with van der Waals surface area (Å²) in [5.41, 5.74) is 0.636. The number of alkyl carbamates (subject to hydrolysis) is 1. The summed E-state index contributed by atoms with van der Waals surface area (Å²) in [5, 5.41) is 2.59. The zero-order valence-corrected chi connectivity index (χ0v) is 10.2. The molecule has 0 spiro atoms. The quantitative estimate of drug-likeness (QED) is 0.872. The Kier molecular flexibility index (Phi) is 4.26. The highest BCUT2D eigenvalue weighted by molar-refractivity contribution is 5.78. The fourth-order valence-electron chi connectivity index (χ4n) is 1.26. The number of carbonyl (C=O) groups is 1. The lowest BCUT2D eigenvalue weighted by molar-refractivity contribution is 0.0523. The molecule has 4 heteroatoms. The first-order valence-electron chi connectivity index (χ1n) is 5.35. The first-order chi connectivity index (χ1) is 7.92. The van der Waals surface area contributed by atoms with Gasteiger partial charge in [0.1, 0.15) is 5.60 Å².